The van der Waals surface area contributed by atoms with E-state index in [1.165, 1.54) is 12.8 Å². The summed E-state index contributed by atoms with van der Waals surface area (Å²) in [5, 5.41) is 0. The van der Waals surface area contributed by atoms with Crippen molar-refractivity contribution in [2.75, 3.05) is 26.7 Å². The highest BCUT2D eigenvalue weighted by Crippen LogP contribution is 2.28. The van der Waals surface area contributed by atoms with Gasteiger partial charge in [-0.15, -0.1) is 0 Å². The van der Waals surface area contributed by atoms with Crippen molar-refractivity contribution in [1.29, 1.82) is 0 Å². The lowest BCUT2D eigenvalue weighted by atomic mass is 10.1. The zero-order valence-electron chi connectivity index (χ0n) is 9.76. The van der Waals surface area contributed by atoms with Crippen molar-refractivity contribution in [3.05, 3.63) is 0 Å². The fourth-order valence-corrected chi connectivity index (χ4v) is 2.40. The molecule has 5 heteroatoms. The summed E-state index contributed by atoms with van der Waals surface area (Å²) in [4.78, 5) is 1.78. The van der Waals surface area contributed by atoms with E-state index in [0.29, 0.717) is 5.92 Å². The molecule has 2 N–H and O–H groups in total. The van der Waals surface area contributed by atoms with Gasteiger partial charge in [-0.1, -0.05) is 12.8 Å². The van der Waals surface area contributed by atoms with Gasteiger partial charge >= 0.3 is 6.18 Å². The highest BCUT2D eigenvalue weighted by molar-refractivity contribution is 4.75. The van der Waals surface area contributed by atoms with E-state index in [4.69, 9.17) is 5.73 Å². The Labute approximate surface area is 95.0 Å². The predicted octanol–water partition coefficient (Wildman–Crippen LogP) is 2.25. The summed E-state index contributed by atoms with van der Waals surface area (Å²) < 4.78 is 37.5. The topological polar surface area (TPSA) is 29.3 Å². The standard InChI is InChI=1S/C11H21F3N2/c1-16(7-9-4-2-3-5-9)8-10(6-15)11(12,13)14/h9-10H,2-8,15H2,1H3. The minimum atomic E-state index is -4.17. The van der Waals surface area contributed by atoms with E-state index in [-0.39, 0.29) is 13.1 Å². The molecule has 1 saturated carbocycles. The molecule has 0 spiro atoms. The van der Waals surface area contributed by atoms with Crippen LogP contribution in [-0.4, -0.2) is 37.8 Å². The van der Waals surface area contributed by atoms with Gasteiger partial charge < -0.3 is 10.6 Å². The first-order valence-corrected chi connectivity index (χ1v) is 5.88. The molecule has 1 atom stereocenters. The highest BCUT2D eigenvalue weighted by atomic mass is 19.4. The lowest BCUT2D eigenvalue weighted by molar-refractivity contribution is -0.175. The minimum Gasteiger partial charge on any atom is -0.330 e. The molecule has 96 valence electrons. The fourth-order valence-electron chi connectivity index (χ4n) is 2.40. The van der Waals surface area contributed by atoms with Gasteiger partial charge in [0.05, 0.1) is 5.92 Å². The summed E-state index contributed by atoms with van der Waals surface area (Å²) in [6.07, 6.45) is 0.585. The Hall–Kier alpha value is -0.290. The van der Waals surface area contributed by atoms with Gasteiger partial charge in [-0.25, -0.2) is 0 Å². The Balaban J connectivity index is 2.33. The zero-order chi connectivity index (χ0) is 12.2. The van der Waals surface area contributed by atoms with Gasteiger partial charge in [-0.3, -0.25) is 0 Å². The normalized spacial score (nSPS) is 20.6. The Morgan fingerprint density at radius 2 is 1.88 bits per heavy atom. The molecule has 1 fully saturated rings. The monoisotopic (exact) mass is 238 g/mol. The molecule has 1 aliphatic rings. The molecule has 1 aliphatic carbocycles. The summed E-state index contributed by atoms with van der Waals surface area (Å²) in [5.41, 5.74) is 5.17. The third kappa shape index (κ3) is 4.29. The summed E-state index contributed by atoms with van der Waals surface area (Å²) in [7, 11) is 1.76. The average Bonchev–Trinajstić information content (AvgIpc) is 2.64. The van der Waals surface area contributed by atoms with Gasteiger partial charge in [-0.2, -0.15) is 13.2 Å². The molecule has 0 aromatic heterocycles. The van der Waals surface area contributed by atoms with Crippen LogP contribution in [0.4, 0.5) is 13.2 Å². The van der Waals surface area contributed by atoms with Gasteiger partial charge in [0.2, 0.25) is 0 Å². The zero-order valence-corrected chi connectivity index (χ0v) is 9.76. The van der Waals surface area contributed by atoms with E-state index >= 15 is 0 Å². The van der Waals surface area contributed by atoms with Crippen LogP contribution < -0.4 is 5.73 Å². The second-order valence-corrected chi connectivity index (χ2v) is 4.85. The average molecular weight is 238 g/mol. The lowest BCUT2D eigenvalue weighted by Gasteiger charge is -2.26. The molecule has 1 unspecified atom stereocenters. The number of hydrogen-bond acceptors (Lipinski definition) is 2. The van der Waals surface area contributed by atoms with Crippen molar-refractivity contribution in [3.8, 4) is 0 Å². The molecule has 1 rings (SSSR count). The van der Waals surface area contributed by atoms with Crippen LogP contribution in [0.15, 0.2) is 0 Å². The minimum absolute atomic E-state index is 0.0243. The summed E-state index contributed by atoms with van der Waals surface area (Å²) in [5.74, 6) is -0.810. The first-order chi connectivity index (χ1) is 7.43. The van der Waals surface area contributed by atoms with Crippen LogP contribution in [-0.2, 0) is 0 Å². The Kier molecular flexibility index (Phi) is 5.05. The van der Waals surface area contributed by atoms with Crippen LogP contribution in [0.25, 0.3) is 0 Å². The van der Waals surface area contributed by atoms with Crippen molar-refractivity contribution < 1.29 is 13.2 Å². The van der Waals surface area contributed by atoms with Crippen molar-refractivity contribution in [2.45, 2.75) is 31.9 Å². The van der Waals surface area contributed by atoms with Gasteiger partial charge in [0.15, 0.2) is 0 Å². The lowest BCUT2D eigenvalue weighted by Crippen LogP contribution is -2.40. The fraction of sp³-hybridized carbons (Fsp3) is 1.00. The van der Waals surface area contributed by atoms with E-state index in [1.807, 2.05) is 0 Å². The number of halogens is 3. The van der Waals surface area contributed by atoms with E-state index in [2.05, 4.69) is 0 Å². The first-order valence-electron chi connectivity index (χ1n) is 5.88. The molecule has 16 heavy (non-hydrogen) atoms. The molecule has 0 amide bonds. The Morgan fingerprint density at radius 1 is 1.31 bits per heavy atom. The molecule has 2 nitrogen and oxygen atoms in total. The van der Waals surface area contributed by atoms with Crippen molar-refractivity contribution >= 4 is 0 Å². The molecular formula is C11H21F3N2. The smallest absolute Gasteiger partial charge is 0.330 e. The van der Waals surface area contributed by atoms with Gasteiger partial charge in [0, 0.05) is 19.6 Å². The summed E-state index contributed by atoms with van der Waals surface area (Å²) >= 11 is 0. The molecule has 0 saturated heterocycles. The Morgan fingerprint density at radius 3 is 2.31 bits per heavy atom. The van der Waals surface area contributed by atoms with Crippen molar-refractivity contribution in [2.24, 2.45) is 17.6 Å². The number of hydrogen-bond donors (Lipinski definition) is 1. The van der Waals surface area contributed by atoms with Crippen LogP contribution in [0.5, 0.6) is 0 Å². The largest absolute Gasteiger partial charge is 0.394 e. The second-order valence-electron chi connectivity index (χ2n) is 4.85. The predicted molar refractivity (Wildman–Crippen MR) is 58.1 cm³/mol. The molecule has 0 heterocycles. The van der Waals surface area contributed by atoms with Crippen LogP contribution >= 0.6 is 0 Å². The molecular weight excluding hydrogens is 217 g/mol. The Bertz CT molecular complexity index is 200. The number of rotatable bonds is 5. The number of nitrogens with two attached hydrogens (primary N) is 1. The van der Waals surface area contributed by atoms with E-state index in [1.54, 1.807) is 11.9 Å². The van der Waals surface area contributed by atoms with Crippen LogP contribution in [0, 0.1) is 11.8 Å². The highest BCUT2D eigenvalue weighted by Gasteiger charge is 2.39. The quantitative estimate of drug-likeness (QED) is 0.796. The summed E-state index contributed by atoms with van der Waals surface area (Å²) in [6.45, 7) is 0.474. The molecule has 0 aliphatic heterocycles. The van der Waals surface area contributed by atoms with E-state index < -0.39 is 12.1 Å². The van der Waals surface area contributed by atoms with Crippen LogP contribution in [0.3, 0.4) is 0 Å². The maximum atomic E-state index is 12.5. The molecule has 0 radical (unpaired) electrons. The second kappa shape index (κ2) is 5.87. The maximum Gasteiger partial charge on any atom is 0.394 e. The van der Waals surface area contributed by atoms with Gasteiger partial charge in [0.1, 0.15) is 0 Å². The van der Waals surface area contributed by atoms with Crippen molar-refractivity contribution in [1.82, 2.24) is 4.90 Å². The van der Waals surface area contributed by atoms with Gasteiger partial charge in [0.25, 0.3) is 0 Å². The van der Waals surface area contributed by atoms with Gasteiger partial charge in [-0.05, 0) is 25.8 Å². The van der Waals surface area contributed by atoms with E-state index in [9.17, 15) is 13.2 Å². The maximum absolute atomic E-state index is 12.5. The van der Waals surface area contributed by atoms with E-state index in [0.717, 1.165) is 19.4 Å². The van der Waals surface area contributed by atoms with Crippen molar-refractivity contribution in [3.63, 3.8) is 0 Å². The third-order valence-electron chi connectivity index (χ3n) is 3.32. The number of nitrogens with zero attached hydrogens (tertiary/aromatic N) is 1. The van der Waals surface area contributed by atoms with Crippen LogP contribution in [0.2, 0.25) is 0 Å². The number of alkyl halides is 3. The molecule has 0 bridgehead atoms. The first kappa shape index (κ1) is 13.8. The molecule has 0 aromatic rings. The SMILES string of the molecule is CN(CC1CCCC1)CC(CN)C(F)(F)F. The third-order valence-corrected chi connectivity index (χ3v) is 3.32. The summed E-state index contributed by atoms with van der Waals surface area (Å²) in [6, 6.07) is 0. The molecule has 0 aromatic carbocycles. The van der Waals surface area contributed by atoms with Crippen LogP contribution in [0.1, 0.15) is 25.7 Å².